The summed E-state index contributed by atoms with van der Waals surface area (Å²) in [5.41, 5.74) is 1.44. The normalized spacial score (nSPS) is 20.1. The minimum absolute atomic E-state index is 0.268. The molecule has 1 aliphatic heterocycles. The Bertz CT molecular complexity index is 398. The Morgan fingerprint density at radius 3 is 2.71 bits per heavy atom. The Kier molecular flexibility index (Phi) is 3.43. The van der Waals surface area contributed by atoms with Crippen molar-refractivity contribution in [2.75, 3.05) is 24.6 Å². The zero-order chi connectivity index (χ0) is 11.7. The highest BCUT2D eigenvalue weighted by Gasteiger charge is 2.22. The Morgan fingerprint density at radius 1 is 1.18 bits per heavy atom. The molecule has 1 saturated heterocycles. The molecule has 0 aromatic carbocycles. The van der Waals surface area contributed by atoms with Crippen LogP contribution in [0.4, 0.5) is 0 Å². The summed E-state index contributed by atoms with van der Waals surface area (Å²) in [5.74, 6) is 2.46. The maximum Gasteiger partial charge on any atom is 0.263 e. The predicted octanol–water partition coefficient (Wildman–Crippen LogP) is 2.82. The van der Waals surface area contributed by atoms with Crippen LogP contribution in [0.25, 0.3) is 0 Å². The van der Waals surface area contributed by atoms with Crippen molar-refractivity contribution in [3.63, 3.8) is 0 Å². The highest BCUT2D eigenvalue weighted by Crippen LogP contribution is 2.30. The van der Waals surface area contributed by atoms with Crippen molar-refractivity contribution in [2.24, 2.45) is 0 Å². The van der Waals surface area contributed by atoms with Gasteiger partial charge in [0, 0.05) is 29.5 Å². The van der Waals surface area contributed by atoms with Gasteiger partial charge in [0.2, 0.25) is 0 Å². The van der Waals surface area contributed by atoms with Crippen LogP contribution in [-0.2, 0) is 12.8 Å². The lowest BCUT2D eigenvalue weighted by Gasteiger charge is -2.25. The van der Waals surface area contributed by atoms with Gasteiger partial charge in [0.1, 0.15) is 0 Å². The molecule has 0 unspecified atom stereocenters. The average Bonchev–Trinajstić information content (AvgIpc) is 2.82. The van der Waals surface area contributed by atoms with E-state index in [-0.39, 0.29) is 5.91 Å². The molecule has 17 heavy (non-hydrogen) atoms. The van der Waals surface area contributed by atoms with Gasteiger partial charge in [0.15, 0.2) is 0 Å². The number of nitrogens with zero attached hydrogens (tertiary/aromatic N) is 1. The smallest absolute Gasteiger partial charge is 0.263 e. The van der Waals surface area contributed by atoms with E-state index in [2.05, 4.69) is 6.07 Å². The fourth-order valence-electron chi connectivity index (χ4n) is 2.52. The molecular formula is C13H17NOS2. The fraction of sp³-hybridized carbons (Fsp3) is 0.615. The zero-order valence-corrected chi connectivity index (χ0v) is 11.5. The lowest BCUT2D eigenvalue weighted by molar-refractivity contribution is 0.0777. The second-order valence-corrected chi connectivity index (χ2v) is 7.03. The number of carbonyl (C=O) groups excluding carboxylic acids is 1. The van der Waals surface area contributed by atoms with E-state index in [1.54, 1.807) is 11.3 Å². The van der Waals surface area contributed by atoms with E-state index in [0.717, 1.165) is 29.5 Å². The Hall–Kier alpha value is -0.480. The first-order chi connectivity index (χ1) is 8.34. The summed E-state index contributed by atoms with van der Waals surface area (Å²) < 4.78 is 0. The van der Waals surface area contributed by atoms with Crippen LogP contribution in [0, 0.1) is 0 Å². The fourth-order valence-corrected chi connectivity index (χ4v) is 4.64. The number of fused-ring (bicyclic) bond motifs is 1. The molecule has 0 spiro atoms. The molecule has 0 bridgehead atoms. The van der Waals surface area contributed by atoms with Crippen molar-refractivity contribution in [1.82, 2.24) is 4.90 Å². The Labute approximate surface area is 110 Å². The highest BCUT2D eigenvalue weighted by atomic mass is 32.2. The maximum atomic E-state index is 12.3. The number of hydrogen-bond acceptors (Lipinski definition) is 3. The number of carbonyl (C=O) groups is 1. The van der Waals surface area contributed by atoms with Crippen LogP contribution in [0.2, 0.25) is 0 Å². The molecule has 1 aromatic rings. The van der Waals surface area contributed by atoms with Crippen molar-refractivity contribution >= 4 is 29.0 Å². The maximum absolute atomic E-state index is 12.3. The summed E-state index contributed by atoms with van der Waals surface area (Å²) in [6.07, 6.45) is 4.94. The molecule has 2 aliphatic rings. The van der Waals surface area contributed by atoms with Crippen LogP contribution in [-0.4, -0.2) is 35.4 Å². The van der Waals surface area contributed by atoms with Crippen LogP contribution in [0.1, 0.15) is 33.0 Å². The van der Waals surface area contributed by atoms with Crippen LogP contribution in [0.15, 0.2) is 6.07 Å². The molecule has 1 aliphatic carbocycles. The molecule has 0 N–H and O–H groups in total. The monoisotopic (exact) mass is 267 g/mol. The zero-order valence-electron chi connectivity index (χ0n) is 9.91. The van der Waals surface area contributed by atoms with Gasteiger partial charge >= 0.3 is 0 Å². The van der Waals surface area contributed by atoms with Crippen LogP contribution in [0.3, 0.4) is 0 Å². The van der Waals surface area contributed by atoms with E-state index >= 15 is 0 Å². The van der Waals surface area contributed by atoms with E-state index in [9.17, 15) is 4.79 Å². The molecule has 3 rings (SSSR count). The van der Waals surface area contributed by atoms with Gasteiger partial charge in [-0.2, -0.15) is 11.8 Å². The number of amides is 1. The van der Waals surface area contributed by atoms with Crippen molar-refractivity contribution in [1.29, 1.82) is 0 Å². The van der Waals surface area contributed by atoms with Crippen molar-refractivity contribution in [3.05, 3.63) is 21.4 Å². The number of rotatable bonds is 1. The summed E-state index contributed by atoms with van der Waals surface area (Å²) in [6, 6.07) is 2.16. The highest BCUT2D eigenvalue weighted by molar-refractivity contribution is 7.99. The standard InChI is InChI=1S/C13H17NOS2/c15-13(14-5-7-16-8-6-14)12-9-10-3-1-2-4-11(10)17-12/h9H,1-8H2. The quantitative estimate of drug-likeness (QED) is 0.780. The molecule has 1 fully saturated rings. The number of thioether (sulfide) groups is 1. The summed E-state index contributed by atoms with van der Waals surface area (Å²) in [5, 5.41) is 0. The lowest BCUT2D eigenvalue weighted by atomic mass is 9.99. The second kappa shape index (κ2) is 5.02. The third-order valence-corrected chi connectivity index (χ3v) is 5.67. The third-order valence-electron chi connectivity index (χ3n) is 3.51. The molecule has 2 nitrogen and oxygen atoms in total. The van der Waals surface area contributed by atoms with E-state index in [1.807, 2.05) is 16.7 Å². The Morgan fingerprint density at radius 2 is 1.94 bits per heavy atom. The SMILES string of the molecule is O=C(c1cc2c(s1)CCCC2)N1CCSCC1. The lowest BCUT2D eigenvalue weighted by Crippen LogP contribution is -2.37. The minimum Gasteiger partial charge on any atom is -0.336 e. The van der Waals surface area contributed by atoms with E-state index in [0.29, 0.717) is 0 Å². The molecule has 1 aromatic heterocycles. The molecule has 2 heterocycles. The first-order valence-corrected chi connectivity index (χ1v) is 8.30. The number of aryl methyl sites for hydroxylation is 2. The molecule has 0 radical (unpaired) electrons. The first kappa shape index (κ1) is 11.6. The predicted molar refractivity (Wildman–Crippen MR) is 74.2 cm³/mol. The molecule has 0 atom stereocenters. The van der Waals surface area contributed by atoms with Gasteiger partial charge in [-0.3, -0.25) is 4.79 Å². The molecule has 0 saturated carbocycles. The van der Waals surface area contributed by atoms with Crippen molar-refractivity contribution < 1.29 is 4.79 Å². The third kappa shape index (κ3) is 2.38. The van der Waals surface area contributed by atoms with Gasteiger partial charge in [-0.05, 0) is 37.3 Å². The molecule has 1 amide bonds. The largest absolute Gasteiger partial charge is 0.336 e. The van der Waals surface area contributed by atoms with Gasteiger partial charge in [-0.25, -0.2) is 0 Å². The van der Waals surface area contributed by atoms with Gasteiger partial charge in [0.25, 0.3) is 5.91 Å². The molecular weight excluding hydrogens is 250 g/mol. The number of thiophene rings is 1. The second-order valence-electron chi connectivity index (χ2n) is 4.67. The van der Waals surface area contributed by atoms with Crippen LogP contribution < -0.4 is 0 Å². The minimum atomic E-state index is 0.268. The topological polar surface area (TPSA) is 20.3 Å². The number of hydrogen-bond donors (Lipinski definition) is 0. The van der Waals surface area contributed by atoms with Gasteiger partial charge in [0.05, 0.1) is 4.88 Å². The van der Waals surface area contributed by atoms with Crippen LogP contribution in [0.5, 0.6) is 0 Å². The first-order valence-electron chi connectivity index (χ1n) is 6.33. The van der Waals surface area contributed by atoms with Gasteiger partial charge in [-0.15, -0.1) is 11.3 Å². The van der Waals surface area contributed by atoms with E-state index < -0.39 is 0 Å². The summed E-state index contributed by atoms with van der Waals surface area (Å²) in [6.45, 7) is 1.85. The average molecular weight is 267 g/mol. The molecule has 4 heteroatoms. The van der Waals surface area contributed by atoms with E-state index in [1.165, 1.54) is 36.1 Å². The van der Waals surface area contributed by atoms with Crippen LogP contribution >= 0.6 is 23.1 Å². The summed E-state index contributed by atoms with van der Waals surface area (Å²) in [7, 11) is 0. The molecule has 92 valence electrons. The Balaban J connectivity index is 1.78. The van der Waals surface area contributed by atoms with E-state index in [4.69, 9.17) is 0 Å². The van der Waals surface area contributed by atoms with Crippen molar-refractivity contribution in [2.45, 2.75) is 25.7 Å². The summed E-state index contributed by atoms with van der Waals surface area (Å²) in [4.78, 5) is 16.8. The van der Waals surface area contributed by atoms with Crippen molar-refractivity contribution in [3.8, 4) is 0 Å². The van der Waals surface area contributed by atoms with Gasteiger partial charge in [-0.1, -0.05) is 0 Å². The summed E-state index contributed by atoms with van der Waals surface area (Å²) >= 11 is 3.69. The van der Waals surface area contributed by atoms with Gasteiger partial charge < -0.3 is 4.90 Å².